The van der Waals surface area contributed by atoms with Gasteiger partial charge in [0.2, 0.25) is 0 Å². The molecule has 0 aromatic heterocycles. The smallest absolute Gasteiger partial charge is 0.416 e. The molecule has 0 saturated heterocycles. The maximum Gasteiger partial charge on any atom is 0.416 e. The van der Waals surface area contributed by atoms with Gasteiger partial charge >= 0.3 is 12.1 Å². The Balaban J connectivity index is 3.28. The van der Waals surface area contributed by atoms with Crippen LogP contribution in [0.3, 0.4) is 0 Å². The predicted molar refractivity (Wildman–Crippen MR) is 63.0 cm³/mol. The highest BCUT2D eigenvalue weighted by atomic mass is 19.4. The summed E-state index contributed by atoms with van der Waals surface area (Å²) < 4.78 is 38.7. The van der Waals surface area contributed by atoms with Crippen LogP contribution in [0.25, 0.3) is 0 Å². The number of hydrogen-bond donors (Lipinski definition) is 4. The molecule has 2 unspecified atom stereocenters. The molecule has 5 N–H and O–H groups in total. The number of benzene rings is 1. The van der Waals surface area contributed by atoms with Gasteiger partial charge in [-0.25, -0.2) is 4.79 Å². The maximum absolute atomic E-state index is 12.9. The molecule has 0 fully saturated rings. The lowest BCUT2D eigenvalue weighted by atomic mass is 9.95. The third-order valence-electron chi connectivity index (χ3n) is 2.75. The Bertz CT molecular complexity index is 490. The van der Waals surface area contributed by atoms with Gasteiger partial charge in [0, 0.05) is 0 Å². The Labute approximate surface area is 112 Å². The Morgan fingerprint density at radius 3 is 2.35 bits per heavy atom. The fraction of sp³-hybridized carbons (Fsp3) is 0.417. The summed E-state index contributed by atoms with van der Waals surface area (Å²) in [7, 11) is 0. The summed E-state index contributed by atoms with van der Waals surface area (Å²) >= 11 is 0. The number of nitrogens with two attached hydrogens (primary N) is 1. The largest absolute Gasteiger partial charge is 0.478 e. The molecule has 0 aliphatic carbocycles. The first-order valence-corrected chi connectivity index (χ1v) is 5.69. The van der Waals surface area contributed by atoms with E-state index in [1.54, 1.807) is 0 Å². The van der Waals surface area contributed by atoms with E-state index in [4.69, 9.17) is 10.8 Å². The van der Waals surface area contributed by atoms with E-state index in [2.05, 4.69) is 0 Å². The first-order valence-electron chi connectivity index (χ1n) is 5.69. The van der Waals surface area contributed by atoms with E-state index < -0.39 is 41.0 Å². The number of aromatic carboxylic acids is 1. The van der Waals surface area contributed by atoms with Gasteiger partial charge < -0.3 is 21.1 Å². The molecule has 1 rings (SSSR count). The third-order valence-corrected chi connectivity index (χ3v) is 2.75. The number of carboxylic acids is 1. The number of carboxylic acid groups (broad SMARTS) is 1. The van der Waals surface area contributed by atoms with Crippen molar-refractivity contribution in [1.29, 1.82) is 0 Å². The predicted octanol–water partition coefficient (Wildman–Crippen LogP) is 1.15. The fourth-order valence-electron chi connectivity index (χ4n) is 1.73. The van der Waals surface area contributed by atoms with Crippen LogP contribution in [0.4, 0.5) is 13.2 Å². The van der Waals surface area contributed by atoms with Gasteiger partial charge in [-0.3, -0.25) is 0 Å². The van der Waals surface area contributed by atoms with Gasteiger partial charge in [0.25, 0.3) is 0 Å². The molecule has 0 saturated carbocycles. The quantitative estimate of drug-likeness (QED) is 0.652. The Hall–Kier alpha value is -1.64. The summed E-state index contributed by atoms with van der Waals surface area (Å²) in [4.78, 5) is 10.7. The van der Waals surface area contributed by atoms with Gasteiger partial charge in [-0.1, -0.05) is 6.07 Å². The summed E-state index contributed by atoms with van der Waals surface area (Å²) in [5.74, 6) is -1.51. The van der Waals surface area contributed by atoms with E-state index in [1.807, 2.05) is 0 Å². The number of aliphatic hydroxyl groups excluding tert-OH is 2. The average Bonchev–Trinajstić information content (AvgIpc) is 2.36. The van der Waals surface area contributed by atoms with Crippen LogP contribution in [-0.2, 0) is 6.18 Å². The number of halogens is 3. The van der Waals surface area contributed by atoms with Crippen LogP contribution in [-0.4, -0.2) is 33.9 Å². The van der Waals surface area contributed by atoms with E-state index in [9.17, 15) is 28.2 Å². The Morgan fingerprint density at radius 2 is 1.90 bits per heavy atom. The minimum Gasteiger partial charge on any atom is -0.478 e. The molecular weight excluding hydrogens is 279 g/mol. The van der Waals surface area contributed by atoms with Gasteiger partial charge in [-0.05, 0) is 30.7 Å². The molecule has 1 aromatic carbocycles. The van der Waals surface area contributed by atoms with E-state index in [0.29, 0.717) is 6.07 Å². The number of rotatable bonds is 5. The highest BCUT2D eigenvalue weighted by molar-refractivity contribution is 5.88. The van der Waals surface area contributed by atoms with Crippen molar-refractivity contribution in [2.45, 2.75) is 24.8 Å². The van der Waals surface area contributed by atoms with Crippen LogP contribution in [0.1, 0.15) is 34.0 Å². The standard InChI is InChI=1S/C12H14F3NO4/c13-12(14,15)8-5-6(11(19)20)1-2-7(8)10(18)9(17)3-4-16/h1-2,5,9-10,17-18H,3-4,16H2,(H,19,20). The molecule has 5 nitrogen and oxygen atoms in total. The van der Waals surface area contributed by atoms with Gasteiger partial charge in [-0.2, -0.15) is 13.2 Å². The van der Waals surface area contributed by atoms with Crippen molar-refractivity contribution in [1.82, 2.24) is 0 Å². The lowest BCUT2D eigenvalue weighted by Gasteiger charge is -2.21. The summed E-state index contributed by atoms with van der Waals surface area (Å²) in [5.41, 5.74) is 2.74. The molecule has 20 heavy (non-hydrogen) atoms. The summed E-state index contributed by atoms with van der Waals surface area (Å²) in [6.45, 7) is -0.00716. The van der Waals surface area contributed by atoms with Crippen molar-refractivity contribution in [3.63, 3.8) is 0 Å². The van der Waals surface area contributed by atoms with E-state index in [0.717, 1.165) is 12.1 Å². The zero-order valence-corrected chi connectivity index (χ0v) is 10.3. The maximum atomic E-state index is 12.9. The van der Waals surface area contributed by atoms with Crippen molar-refractivity contribution >= 4 is 5.97 Å². The van der Waals surface area contributed by atoms with Crippen molar-refractivity contribution in [3.8, 4) is 0 Å². The zero-order chi connectivity index (χ0) is 15.5. The number of aliphatic hydroxyl groups is 2. The van der Waals surface area contributed by atoms with Crippen LogP contribution in [0.15, 0.2) is 18.2 Å². The summed E-state index contributed by atoms with van der Waals surface area (Å²) in [5, 5.41) is 28.0. The second kappa shape index (κ2) is 6.21. The second-order valence-corrected chi connectivity index (χ2v) is 4.19. The Kier molecular flexibility index (Phi) is 5.09. The average molecular weight is 293 g/mol. The van der Waals surface area contributed by atoms with Crippen LogP contribution in [0.2, 0.25) is 0 Å². The normalized spacial score (nSPS) is 14.9. The fourth-order valence-corrected chi connectivity index (χ4v) is 1.73. The van der Waals surface area contributed by atoms with Crippen molar-refractivity contribution in [3.05, 3.63) is 34.9 Å². The first kappa shape index (κ1) is 16.4. The van der Waals surface area contributed by atoms with Gasteiger partial charge in [0.05, 0.1) is 17.2 Å². The number of alkyl halides is 3. The molecule has 8 heteroatoms. The van der Waals surface area contributed by atoms with Gasteiger partial charge in [-0.15, -0.1) is 0 Å². The molecule has 112 valence electrons. The molecular formula is C12H14F3NO4. The summed E-state index contributed by atoms with van der Waals surface area (Å²) in [6, 6.07) is 2.21. The minimum atomic E-state index is -4.84. The minimum absolute atomic E-state index is 0.00716. The van der Waals surface area contributed by atoms with E-state index >= 15 is 0 Å². The summed E-state index contributed by atoms with van der Waals surface area (Å²) in [6.07, 6.45) is -8.18. The molecule has 0 heterocycles. The topological polar surface area (TPSA) is 104 Å². The highest BCUT2D eigenvalue weighted by Crippen LogP contribution is 2.36. The SMILES string of the molecule is NCCC(O)C(O)c1ccc(C(=O)O)cc1C(F)(F)F. The lowest BCUT2D eigenvalue weighted by molar-refractivity contribution is -0.140. The van der Waals surface area contributed by atoms with Crippen LogP contribution in [0, 0.1) is 0 Å². The first-order chi connectivity index (χ1) is 9.18. The number of hydrogen-bond acceptors (Lipinski definition) is 4. The highest BCUT2D eigenvalue weighted by Gasteiger charge is 2.37. The number of carbonyl (C=O) groups is 1. The lowest BCUT2D eigenvalue weighted by Crippen LogP contribution is -2.24. The third kappa shape index (κ3) is 3.69. The molecule has 0 aliphatic rings. The van der Waals surface area contributed by atoms with Crippen LogP contribution < -0.4 is 5.73 Å². The molecule has 2 atom stereocenters. The van der Waals surface area contributed by atoms with Crippen molar-refractivity contribution in [2.24, 2.45) is 5.73 Å². The molecule has 0 amide bonds. The van der Waals surface area contributed by atoms with E-state index in [1.165, 1.54) is 0 Å². The van der Waals surface area contributed by atoms with Gasteiger partial charge in [0.15, 0.2) is 0 Å². The zero-order valence-electron chi connectivity index (χ0n) is 10.3. The molecule has 1 aromatic rings. The molecule has 0 aliphatic heterocycles. The van der Waals surface area contributed by atoms with Crippen LogP contribution in [0.5, 0.6) is 0 Å². The Morgan fingerprint density at radius 1 is 1.30 bits per heavy atom. The van der Waals surface area contributed by atoms with Crippen molar-refractivity contribution < 1.29 is 33.3 Å². The van der Waals surface area contributed by atoms with Crippen LogP contribution >= 0.6 is 0 Å². The molecule has 0 bridgehead atoms. The van der Waals surface area contributed by atoms with Gasteiger partial charge in [0.1, 0.15) is 6.10 Å². The second-order valence-electron chi connectivity index (χ2n) is 4.19. The van der Waals surface area contributed by atoms with E-state index in [-0.39, 0.29) is 13.0 Å². The van der Waals surface area contributed by atoms with Crippen molar-refractivity contribution in [2.75, 3.05) is 6.54 Å². The molecule has 0 spiro atoms. The molecule has 0 radical (unpaired) electrons. The monoisotopic (exact) mass is 293 g/mol.